The molecule has 6 rings (SSSR count). The Labute approximate surface area is 175 Å². The Balaban J connectivity index is 1.86. The van der Waals surface area contributed by atoms with Gasteiger partial charge in [-0.3, -0.25) is 0 Å². The predicted octanol–water partition coefficient (Wildman–Crippen LogP) is 7.09. The maximum absolute atomic E-state index is 7.73. The lowest BCUT2D eigenvalue weighted by molar-refractivity contribution is 0.661. The maximum Gasteiger partial charge on any atom is 0.0622 e. The fourth-order valence-electron chi connectivity index (χ4n) is 5.26. The number of para-hydroxylation sites is 1. The molecule has 0 aliphatic heterocycles. The average molecular weight is 386 g/mol. The Bertz CT molecular complexity index is 1480. The summed E-state index contributed by atoms with van der Waals surface area (Å²) in [5.41, 5.74) is 9.86. The zero-order valence-electron chi connectivity index (χ0n) is 17.1. The lowest BCUT2D eigenvalue weighted by atomic mass is 9.82. The Morgan fingerprint density at radius 3 is 2.43 bits per heavy atom. The van der Waals surface area contributed by atoms with Crippen LogP contribution in [0.1, 0.15) is 30.5 Å². The van der Waals surface area contributed by atoms with Gasteiger partial charge in [0.1, 0.15) is 0 Å². The van der Waals surface area contributed by atoms with Gasteiger partial charge in [-0.15, -0.1) is 0 Å². The molecule has 1 heterocycles. The van der Waals surface area contributed by atoms with E-state index in [1.807, 2.05) is 12.1 Å². The van der Waals surface area contributed by atoms with Crippen LogP contribution in [-0.4, -0.2) is 10.8 Å². The van der Waals surface area contributed by atoms with E-state index >= 15 is 0 Å². The number of hydrogen-bond donors (Lipinski definition) is 1. The Kier molecular flexibility index (Phi) is 3.41. The van der Waals surface area contributed by atoms with Gasteiger partial charge >= 0.3 is 0 Å². The Hall–Kier alpha value is -3.65. The molecular weight excluding hydrogens is 364 g/mol. The second kappa shape index (κ2) is 5.93. The van der Waals surface area contributed by atoms with E-state index in [1.54, 1.807) is 0 Å². The highest BCUT2D eigenvalue weighted by atomic mass is 15.0. The first-order chi connectivity index (χ1) is 14.6. The second-order valence-electron chi connectivity index (χ2n) is 8.65. The molecule has 0 saturated carbocycles. The molecular formula is C28H22N2. The van der Waals surface area contributed by atoms with Crippen molar-refractivity contribution < 1.29 is 0 Å². The number of nitrogens with zero attached hydrogens (tertiary/aromatic N) is 1. The third-order valence-electron chi connectivity index (χ3n) is 6.67. The first kappa shape index (κ1) is 17.2. The molecule has 2 nitrogen and oxygen atoms in total. The van der Waals surface area contributed by atoms with Crippen molar-refractivity contribution in [2.45, 2.75) is 19.3 Å². The zero-order chi connectivity index (χ0) is 20.5. The number of hydrogen-bond acceptors (Lipinski definition) is 1. The highest BCUT2D eigenvalue weighted by molar-refractivity contribution is 6.15. The molecule has 30 heavy (non-hydrogen) atoms. The molecule has 0 atom stereocenters. The average Bonchev–Trinajstić information content (AvgIpc) is 3.24. The van der Waals surface area contributed by atoms with Gasteiger partial charge < -0.3 is 9.98 Å². The molecule has 0 fully saturated rings. The number of fused-ring (bicyclic) bond motifs is 7. The fourth-order valence-corrected chi connectivity index (χ4v) is 5.26. The molecule has 0 amide bonds. The topological polar surface area (TPSA) is 28.8 Å². The van der Waals surface area contributed by atoms with Crippen LogP contribution in [0, 0.1) is 5.41 Å². The molecule has 4 aromatic carbocycles. The zero-order valence-corrected chi connectivity index (χ0v) is 17.1. The van der Waals surface area contributed by atoms with E-state index in [9.17, 15) is 0 Å². The van der Waals surface area contributed by atoms with Gasteiger partial charge in [0.25, 0.3) is 0 Å². The largest absolute Gasteiger partial charge is 0.309 e. The summed E-state index contributed by atoms with van der Waals surface area (Å²) in [6, 6.07) is 30.3. The Morgan fingerprint density at radius 1 is 0.767 bits per heavy atom. The van der Waals surface area contributed by atoms with E-state index in [-0.39, 0.29) is 5.41 Å². The maximum atomic E-state index is 7.73. The smallest absolute Gasteiger partial charge is 0.0622 e. The van der Waals surface area contributed by atoms with Crippen LogP contribution in [0.3, 0.4) is 0 Å². The van der Waals surface area contributed by atoms with E-state index in [2.05, 4.69) is 91.2 Å². The van der Waals surface area contributed by atoms with Gasteiger partial charge in [-0.2, -0.15) is 0 Å². The van der Waals surface area contributed by atoms with Crippen LogP contribution >= 0.6 is 0 Å². The number of aromatic nitrogens is 1. The van der Waals surface area contributed by atoms with Gasteiger partial charge in [0, 0.05) is 33.7 Å². The fraction of sp³-hybridized carbons (Fsp3) is 0.107. The van der Waals surface area contributed by atoms with Crippen molar-refractivity contribution in [2.24, 2.45) is 0 Å². The van der Waals surface area contributed by atoms with Gasteiger partial charge in [-0.25, -0.2) is 0 Å². The lowest BCUT2D eigenvalue weighted by Gasteiger charge is -2.21. The monoisotopic (exact) mass is 386 g/mol. The van der Waals surface area contributed by atoms with Crippen LogP contribution in [0.15, 0.2) is 84.9 Å². The number of nitrogens with one attached hydrogen (secondary N) is 1. The molecule has 5 aromatic rings. The second-order valence-corrected chi connectivity index (χ2v) is 8.65. The van der Waals surface area contributed by atoms with Crippen molar-refractivity contribution in [3.05, 3.63) is 102 Å². The summed E-state index contributed by atoms with van der Waals surface area (Å²) in [5.74, 6) is 0. The van der Waals surface area contributed by atoms with Gasteiger partial charge in [0.05, 0.1) is 11.0 Å². The van der Waals surface area contributed by atoms with Crippen molar-refractivity contribution in [2.75, 3.05) is 0 Å². The van der Waals surface area contributed by atoms with Crippen LogP contribution in [-0.2, 0) is 5.41 Å². The van der Waals surface area contributed by atoms with Gasteiger partial charge in [-0.1, -0.05) is 80.6 Å². The van der Waals surface area contributed by atoms with E-state index in [0.717, 1.165) is 11.3 Å². The van der Waals surface area contributed by atoms with Crippen LogP contribution in [0.4, 0.5) is 0 Å². The Morgan fingerprint density at radius 2 is 1.57 bits per heavy atom. The third-order valence-corrected chi connectivity index (χ3v) is 6.67. The van der Waals surface area contributed by atoms with E-state index in [0.29, 0.717) is 0 Å². The lowest BCUT2D eigenvalue weighted by Crippen LogP contribution is -2.14. The minimum atomic E-state index is -0.0296. The molecule has 0 bridgehead atoms. The van der Waals surface area contributed by atoms with Gasteiger partial charge in [-0.05, 0) is 40.5 Å². The van der Waals surface area contributed by atoms with E-state index < -0.39 is 0 Å². The highest BCUT2D eigenvalue weighted by Gasteiger charge is 2.37. The summed E-state index contributed by atoms with van der Waals surface area (Å²) in [6.45, 7) is 4.65. The van der Waals surface area contributed by atoms with E-state index in [4.69, 9.17) is 5.41 Å². The van der Waals surface area contributed by atoms with Crippen LogP contribution in [0.5, 0.6) is 0 Å². The molecule has 144 valence electrons. The minimum Gasteiger partial charge on any atom is -0.309 e. The normalized spacial score (nSPS) is 14.1. The molecule has 1 aliphatic carbocycles. The highest BCUT2D eigenvalue weighted by Crippen LogP contribution is 2.52. The standard InChI is InChI=1S/C28H22N2/c1-28(2)23-12-5-3-11-22(23)26-24(28)15-14-21-20-10-4-6-13-25(20)30(27(21)26)19-9-7-8-18(16-19)17-29/h3-17,29H,1-2H3. The van der Waals surface area contributed by atoms with Gasteiger partial charge in [0.15, 0.2) is 0 Å². The van der Waals surface area contributed by atoms with Crippen molar-refractivity contribution in [1.29, 1.82) is 5.41 Å². The van der Waals surface area contributed by atoms with Crippen molar-refractivity contribution in [3.63, 3.8) is 0 Å². The molecule has 1 N–H and O–H groups in total. The van der Waals surface area contributed by atoms with Gasteiger partial charge in [0.2, 0.25) is 0 Å². The molecule has 0 spiro atoms. The SMILES string of the molecule is CC1(C)c2ccccc2-c2c1ccc1c3ccccc3n(-c3cccc(C=N)c3)c21. The van der Waals surface area contributed by atoms with E-state index in [1.165, 1.54) is 50.3 Å². The first-order valence-corrected chi connectivity index (χ1v) is 10.4. The summed E-state index contributed by atoms with van der Waals surface area (Å²) < 4.78 is 2.38. The minimum absolute atomic E-state index is 0.0296. The molecule has 0 unspecified atom stereocenters. The molecule has 0 radical (unpaired) electrons. The van der Waals surface area contributed by atoms with Crippen LogP contribution in [0.2, 0.25) is 0 Å². The third kappa shape index (κ3) is 2.11. The van der Waals surface area contributed by atoms with Crippen molar-refractivity contribution >= 4 is 28.0 Å². The summed E-state index contributed by atoms with van der Waals surface area (Å²) in [7, 11) is 0. The predicted molar refractivity (Wildman–Crippen MR) is 126 cm³/mol. The number of rotatable bonds is 2. The first-order valence-electron chi connectivity index (χ1n) is 10.4. The molecule has 0 saturated heterocycles. The quantitative estimate of drug-likeness (QED) is 0.314. The summed E-state index contributed by atoms with van der Waals surface area (Å²) in [4.78, 5) is 0. The van der Waals surface area contributed by atoms with Crippen molar-refractivity contribution in [3.8, 4) is 16.8 Å². The molecule has 1 aliphatic rings. The summed E-state index contributed by atoms with van der Waals surface area (Å²) in [6.07, 6.45) is 1.42. The van der Waals surface area contributed by atoms with Crippen molar-refractivity contribution in [1.82, 2.24) is 4.57 Å². The molecule has 1 aromatic heterocycles. The summed E-state index contributed by atoms with van der Waals surface area (Å²) in [5, 5.41) is 10.3. The van der Waals surface area contributed by atoms with Crippen LogP contribution in [0.25, 0.3) is 38.6 Å². The molecule has 2 heteroatoms. The van der Waals surface area contributed by atoms with Crippen LogP contribution < -0.4 is 0 Å². The number of benzene rings is 4. The summed E-state index contributed by atoms with van der Waals surface area (Å²) >= 11 is 0.